The molecule has 1 aliphatic rings. The molecule has 4 heterocycles. The van der Waals surface area contributed by atoms with E-state index in [-0.39, 0.29) is 33.6 Å². The molecule has 182 valence electrons. The molecular weight excluding hydrogens is 499 g/mol. The summed E-state index contributed by atoms with van der Waals surface area (Å²) in [7, 11) is 0. The third-order valence-electron chi connectivity index (χ3n) is 5.94. The Morgan fingerprint density at radius 2 is 1.91 bits per heavy atom. The van der Waals surface area contributed by atoms with Crippen LogP contribution in [-0.2, 0) is 10.2 Å². The summed E-state index contributed by atoms with van der Waals surface area (Å²) in [6.45, 7) is 0.969. The lowest BCUT2D eigenvalue weighted by molar-refractivity contribution is -0.187. The van der Waals surface area contributed by atoms with Crippen molar-refractivity contribution >= 4 is 28.8 Å². The first-order valence-corrected chi connectivity index (χ1v) is 10.4. The molecule has 4 aromatic heterocycles. The SMILES string of the molecule is C[C@@]1(C(F)(F)F)C[C@H](C(=O)Nc2cnc(-n3nccn3)c(C(F)F)c2)c2cnc3cc(Cl)nn3c21. The Labute approximate surface area is 197 Å². The van der Waals surface area contributed by atoms with Gasteiger partial charge in [0.1, 0.15) is 5.41 Å². The number of hydrogen-bond donors (Lipinski definition) is 1. The zero-order valence-corrected chi connectivity index (χ0v) is 18.4. The monoisotopic (exact) mass is 512 g/mol. The minimum Gasteiger partial charge on any atom is -0.324 e. The Balaban J connectivity index is 1.53. The van der Waals surface area contributed by atoms with Crippen LogP contribution in [0.25, 0.3) is 11.5 Å². The fraction of sp³-hybridized carbons (Fsp3) is 0.300. The van der Waals surface area contributed by atoms with Gasteiger partial charge < -0.3 is 5.32 Å². The highest BCUT2D eigenvalue weighted by Crippen LogP contribution is 2.54. The molecule has 0 saturated heterocycles. The molecule has 35 heavy (non-hydrogen) atoms. The van der Waals surface area contributed by atoms with Crippen LogP contribution in [0, 0.1) is 0 Å². The number of carbonyl (C=O) groups excluding carboxylic acids is 1. The standard InChI is InChI=1S/C20H14ClF5N8O/c1-19(20(24,25)26)6-11(12-8-27-14-5-13(21)32-33(14)15(12)19)18(35)31-9-4-10(16(22)23)17(28-7-9)34-29-2-3-30-34/h2-5,7-8,11,16H,6H2,1H3,(H,31,35)/t11-,19+/m0/s1. The van der Waals surface area contributed by atoms with Gasteiger partial charge in [-0.25, -0.2) is 23.3 Å². The normalized spacial score (nSPS) is 19.9. The van der Waals surface area contributed by atoms with Crippen LogP contribution >= 0.6 is 11.6 Å². The summed E-state index contributed by atoms with van der Waals surface area (Å²) in [6, 6.07) is 2.28. The van der Waals surface area contributed by atoms with Gasteiger partial charge in [-0.3, -0.25) is 4.79 Å². The number of halogens is 6. The van der Waals surface area contributed by atoms with E-state index in [2.05, 4.69) is 30.6 Å². The maximum atomic E-state index is 14.2. The number of pyridine rings is 1. The number of aromatic nitrogens is 7. The highest BCUT2D eigenvalue weighted by Gasteiger charge is 2.60. The third kappa shape index (κ3) is 3.68. The lowest BCUT2D eigenvalue weighted by Crippen LogP contribution is -2.39. The average molecular weight is 513 g/mol. The minimum atomic E-state index is -4.73. The number of anilines is 1. The molecule has 9 nitrogen and oxygen atoms in total. The Morgan fingerprint density at radius 1 is 1.20 bits per heavy atom. The zero-order valence-electron chi connectivity index (χ0n) is 17.6. The molecule has 0 aromatic carbocycles. The molecule has 1 N–H and O–H groups in total. The van der Waals surface area contributed by atoms with Gasteiger partial charge in [0, 0.05) is 17.8 Å². The van der Waals surface area contributed by atoms with Crippen LogP contribution < -0.4 is 5.32 Å². The lowest BCUT2D eigenvalue weighted by atomic mass is 9.85. The predicted molar refractivity (Wildman–Crippen MR) is 112 cm³/mol. The zero-order chi connectivity index (χ0) is 25.1. The van der Waals surface area contributed by atoms with Gasteiger partial charge >= 0.3 is 6.18 Å². The number of amides is 1. The van der Waals surface area contributed by atoms with E-state index >= 15 is 0 Å². The minimum absolute atomic E-state index is 0.00833. The Kier molecular flexibility index (Phi) is 5.23. The number of nitrogens with one attached hydrogen (secondary N) is 1. The second-order valence-corrected chi connectivity index (χ2v) is 8.52. The van der Waals surface area contributed by atoms with Crippen LogP contribution in [0.3, 0.4) is 0 Å². The maximum absolute atomic E-state index is 14.2. The molecule has 15 heteroatoms. The van der Waals surface area contributed by atoms with Crippen molar-refractivity contribution in [2.24, 2.45) is 0 Å². The van der Waals surface area contributed by atoms with E-state index < -0.39 is 41.8 Å². The summed E-state index contributed by atoms with van der Waals surface area (Å²) >= 11 is 5.88. The van der Waals surface area contributed by atoms with Crippen molar-refractivity contribution in [2.45, 2.75) is 37.3 Å². The van der Waals surface area contributed by atoms with Crippen molar-refractivity contribution in [3.05, 3.63) is 58.9 Å². The number of carbonyl (C=O) groups is 1. The Bertz CT molecular complexity index is 1440. The fourth-order valence-electron chi connectivity index (χ4n) is 4.25. The molecule has 5 rings (SSSR count). The smallest absolute Gasteiger partial charge is 0.324 e. The van der Waals surface area contributed by atoms with Crippen LogP contribution in [0.4, 0.5) is 27.6 Å². The first-order chi connectivity index (χ1) is 16.5. The molecule has 1 aliphatic carbocycles. The molecule has 2 atom stereocenters. The van der Waals surface area contributed by atoms with Crippen molar-refractivity contribution in [1.29, 1.82) is 0 Å². The second-order valence-electron chi connectivity index (χ2n) is 8.13. The highest BCUT2D eigenvalue weighted by molar-refractivity contribution is 6.29. The van der Waals surface area contributed by atoms with Gasteiger partial charge in [-0.2, -0.15) is 28.5 Å². The number of hydrogen-bond acceptors (Lipinski definition) is 6. The molecular formula is C20H14ClF5N8O. The molecule has 0 bridgehead atoms. The third-order valence-corrected chi connectivity index (χ3v) is 6.13. The number of fused-ring (bicyclic) bond motifs is 3. The number of nitrogens with zero attached hydrogens (tertiary/aromatic N) is 7. The molecule has 0 aliphatic heterocycles. The quantitative estimate of drug-likeness (QED) is 0.410. The molecule has 0 spiro atoms. The summed E-state index contributed by atoms with van der Waals surface area (Å²) in [5.74, 6) is -2.38. The van der Waals surface area contributed by atoms with E-state index in [4.69, 9.17) is 11.6 Å². The van der Waals surface area contributed by atoms with E-state index in [0.29, 0.717) is 0 Å². The van der Waals surface area contributed by atoms with E-state index in [1.54, 1.807) is 0 Å². The first-order valence-electron chi connectivity index (χ1n) is 10.1. The summed E-state index contributed by atoms with van der Waals surface area (Å²) in [5, 5.41) is 13.8. The van der Waals surface area contributed by atoms with Crippen LogP contribution in [0.15, 0.2) is 36.9 Å². The van der Waals surface area contributed by atoms with Gasteiger partial charge in [-0.05, 0) is 19.4 Å². The van der Waals surface area contributed by atoms with Crippen LogP contribution in [0.2, 0.25) is 5.15 Å². The highest BCUT2D eigenvalue weighted by atomic mass is 35.5. The topological polar surface area (TPSA) is 103 Å². The average Bonchev–Trinajstić information content (AvgIpc) is 3.50. The van der Waals surface area contributed by atoms with Gasteiger partial charge in [0.15, 0.2) is 16.6 Å². The predicted octanol–water partition coefficient (Wildman–Crippen LogP) is 4.24. The summed E-state index contributed by atoms with van der Waals surface area (Å²) in [6.07, 6.45) is -3.52. The molecule has 0 saturated carbocycles. The van der Waals surface area contributed by atoms with Gasteiger partial charge in [0.2, 0.25) is 5.91 Å². The molecule has 0 radical (unpaired) electrons. The van der Waals surface area contributed by atoms with Crippen LogP contribution in [-0.4, -0.2) is 46.7 Å². The summed E-state index contributed by atoms with van der Waals surface area (Å²) in [4.78, 5) is 22.0. The number of alkyl halides is 5. The molecule has 1 amide bonds. The Hall–Kier alpha value is -3.68. The molecule has 0 fully saturated rings. The second kappa shape index (κ2) is 7.93. The van der Waals surface area contributed by atoms with E-state index in [1.807, 2.05) is 0 Å². The lowest BCUT2D eigenvalue weighted by Gasteiger charge is -2.28. The fourth-order valence-corrected chi connectivity index (χ4v) is 4.42. The Morgan fingerprint density at radius 3 is 2.57 bits per heavy atom. The van der Waals surface area contributed by atoms with Crippen molar-refractivity contribution in [3.63, 3.8) is 0 Å². The van der Waals surface area contributed by atoms with Crippen molar-refractivity contribution < 1.29 is 26.7 Å². The first kappa shape index (κ1) is 23.1. The van der Waals surface area contributed by atoms with E-state index in [9.17, 15) is 26.7 Å². The van der Waals surface area contributed by atoms with Gasteiger partial charge in [-0.1, -0.05) is 11.6 Å². The van der Waals surface area contributed by atoms with Gasteiger partial charge in [-0.15, -0.1) is 4.80 Å². The summed E-state index contributed by atoms with van der Waals surface area (Å²) < 4.78 is 70.9. The molecule has 0 unspecified atom stereocenters. The van der Waals surface area contributed by atoms with E-state index in [0.717, 1.165) is 28.5 Å². The van der Waals surface area contributed by atoms with E-state index in [1.165, 1.54) is 24.7 Å². The number of rotatable bonds is 4. The molecule has 4 aromatic rings. The van der Waals surface area contributed by atoms with Crippen molar-refractivity contribution in [1.82, 2.24) is 34.6 Å². The van der Waals surface area contributed by atoms with Crippen molar-refractivity contribution in [2.75, 3.05) is 5.32 Å². The summed E-state index contributed by atoms with van der Waals surface area (Å²) in [5.41, 5.74) is -3.29. The van der Waals surface area contributed by atoms with Crippen molar-refractivity contribution in [3.8, 4) is 5.82 Å². The van der Waals surface area contributed by atoms with Crippen LogP contribution in [0.1, 0.15) is 42.5 Å². The largest absolute Gasteiger partial charge is 0.399 e. The van der Waals surface area contributed by atoms with Gasteiger partial charge in [0.25, 0.3) is 6.43 Å². The van der Waals surface area contributed by atoms with Crippen LogP contribution in [0.5, 0.6) is 0 Å². The maximum Gasteiger partial charge on any atom is 0.399 e. The van der Waals surface area contributed by atoms with Gasteiger partial charge in [0.05, 0.1) is 41.5 Å².